The Kier molecular flexibility index (Phi) is 3.67. The molecule has 0 aliphatic carbocycles. The molecule has 1 amide bonds. The zero-order valence-corrected chi connectivity index (χ0v) is 13.8. The normalized spacial score (nSPS) is 18.0. The summed E-state index contributed by atoms with van der Waals surface area (Å²) in [5.41, 5.74) is 7.49. The van der Waals surface area contributed by atoms with Gasteiger partial charge in [-0.15, -0.1) is 5.10 Å². The number of hydrogen-bond donors (Lipinski definition) is 3. The fraction of sp³-hybridized carbons (Fsp3) is 0.353. The molecule has 1 unspecified atom stereocenters. The zero-order valence-electron chi connectivity index (χ0n) is 13.8. The number of hydrogen-bond acceptors (Lipinski definition) is 4. The van der Waals surface area contributed by atoms with Gasteiger partial charge in [-0.1, -0.05) is 0 Å². The van der Waals surface area contributed by atoms with Gasteiger partial charge in [-0.05, 0) is 43.5 Å². The molecule has 0 bridgehead atoms. The molecule has 8 heteroatoms. The fourth-order valence-corrected chi connectivity index (χ4v) is 3.52. The number of aromatic amines is 2. The number of nitrogens with one attached hydrogen (secondary N) is 2. The quantitative estimate of drug-likeness (QED) is 0.665. The molecule has 0 saturated carbocycles. The summed E-state index contributed by atoms with van der Waals surface area (Å²) in [5.74, 6) is 0.613. The third-order valence-corrected chi connectivity index (χ3v) is 4.76. The molecule has 4 rings (SSSR count). The minimum Gasteiger partial charge on any atom is -0.367 e. The molecule has 1 aromatic carbocycles. The number of fused-ring (bicyclic) bond motifs is 1. The summed E-state index contributed by atoms with van der Waals surface area (Å²) in [7, 11) is 0. The van der Waals surface area contributed by atoms with Crippen LogP contribution in [0.15, 0.2) is 18.2 Å². The number of carbonyl (C=O) groups is 1. The number of nitrogens with two attached hydrogens (primary N) is 1. The van der Waals surface area contributed by atoms with Crippen molar-refractivity contribution in [1.82, 2.24) is 25.1 Å². The van der Waals surface area contributed by atoms with E-state index in [2.05, 4.69) is 20.2 Å². The van der Waals surface area contributed by atoms with E-state index in [1.165, 1.54) is 12.1 Å². The SMILES string of the molecule is Cc1cc(F)cc2[nH]c(C(=O)N3CCCC(c4nc(N)n[nH]4)C3)cc12. The van der Waals surface area contributed by atoms with Crippen LogP contribution in [0, 0.1) is 12.7 Å². The van der Waals surface area contributed by atoms with Crippen molar-refractivity contribution in [2.75, 3.05) is 18.8 Å². The van der Waals surface area contributed by atoms with Gasteiger partial charge in [0.05, 0.1) is 0 Å². The van der Waals surface area contributed by atoms with E-state index in [0.29, 0.717) is 30.1 Å². The predicted molar refractivity (Wildman–Crippen MR) is 91.7 cm³/mol. The molecule has 1 atom stereocenters. The van der Waals surface area contributed by atoms with Gasteiger partial charge in [0, 0.05) is 29.9 Å². The van der Waals surface area contributed by atoms with E-state index in [0.717, 1.165) is 23.8 Å². The van der Waals surface area contributed by atoms with E-state index in [1.807, 2.05) is 6.92 Å². The first-order chi connectivity index (χ1) is 12.0. The van der Waals surface area contributed by atoms with Crippen molar-refractivity contribution in [3.63, 3.8) is 0 Å². The maximum atomic E-state index is 13.6. The van der Waals surface area contributed by atoms with Crippen molar-refractivity contribution in [2.45, 2.75) is 25.7 Å². The highest BCUT2D eigenvalue weighted by molar-refractivity contribution is 5.98. The van der Waals surface area contributed by atoms with E-state index in [9.17, 15) is 9.18 Å². The molecule has 130 valence electrons. The molecule has 1 aliphatic heterocycles. The Morgan fingerprint density at radius 1 is 1.40 bits per heavy atom. The van der Waals surface area contributed by atoms with Crippen LogP contribution in [0.25, 0.3) is 10.9 Å². The number of aryl methyl sites for hydroxylation is 1. The summed E-state index contributed by atoms with van der Waals surface area (Å²) in [6, 6.07) is 4.67. The summed E-state index contributed by atoms with van der Waals surface area (Å²) in [6.45, 7) is 3.07. The van der Waals surface area contributed by atoms with E-state index in [4.69, 9.17) is 5.73 Å². The number of likely N-dealkylation sites (tertiary alicyclic amines) is 1. The van der Waals surface area contributed by atoms with Gasteiger partial charge in [-0.25, -0.2) is 4.39 Å². The number of aromatic nitrogens is 4. The van der Waals surface area contributed by atoms with Crippen LogP contribution in [0.1, 0.15) is 40.6 Å². The number of rotatable bonds is 2. The fourth-order valence-electron chi connectivity index (χ4n) is 3.52. The molecule has 3 aromatic rings. The number of H-pyrrole nitrogens is 2. The van der Waals surface area contributed by atoms with E-state index >= 15 is 0 Å². The third-order valence-electron chi connectivity index (χ3n) is 4.76. The molecule has 1 saturated heterocycles. The Morgan fingerprint density at radius 2 is 2.24 bits per heavy atom. The largest absolute Gasteiger partial charge is 0.367 e. The van der Waals surface area contributed by atoms with Gasteiger partial charge in [0.15, 0.2) is 0 Å². The Morgan fingerprint density at radius 3 is 3.00 bits per heavy atom. The van der Waals surface area contributed by atoms with Gasteiger partial charge in [0.2, 0.25) is 5.95 Å². The molecule has 3 heterocycles. The zero-order chi connectivity index (χ0) is 17.6. The van der Waals surface area contributed by atoms with Crippen molar-refractivity contribution in [1.29, 1.82) is 0 Å². The summed E-state index contributed by atoms with van der Waals surface area (Å²) >= 11 is 0. The molecule has 25 heavy (non-hydrogen) atoms. The first-order valence-corrected chi connectivity index (χ1v) is 8.27. The minimum atomic E-state index is -0.313. The van der Waals surface area contributed by atoms with Crippen LogP contribution in [0.3, 0.4) is 0 Å². The van der Waals surface area contributed by atoms with Crippen LogP contribution in [-0.4, -0.2) is 44.1 Å². The third kappa shape index (κ3) is 2.84. The summed E-state index contributed by atoms with van der Waals surface area (Å²) in [4.78, 5) is 21.9. The summed E-state index contributed by atoms with van der Waals surface area (Å²) in [6.07, 6.45) is 1.81. The number of piperidine rings is 1. The highest BCUT2D eigenvalue weighted by Crippen LogP contribution is 2.27. The van der Waals surface area contributed by atoms with Crippen LogP contribution in [0.2, 0.25) is 0 Å². The van der Waals surface area contributed by atoms with Gasteiger partial charge < -0.3 is 15.6 Å². The first kappa shape index (κ1) is 15.6. The molecular weight excluding hydrogens is 323 g/mol. The molecule has 0 spiro atoms. The second kappa shape index (κ2) is 5.87. The number of carbonyl (C=O) groups excluding carboxylic acids is 1. The lowest BCUT2D eigenvalue weighted by Gasteiger charge is -2.31. The van der Waals surface area contributed by atoms with Crippen molar-refractivity contribution < 1.29 is 9.18 Å². The maximum Gasteiger partial charge on any atom is 0.270 e. The average Bonchev–Trinajstić information content (AvgIpc) is 3.21. The van der Waals surface area contributed by atoms with Crippen molar-refractivity contribution in [3.8, 4) is 0 Å². The van der Waals surface area contributed by atoms with Crippen LogP contribution in [-0.2, 0) is 0 Å². The Balaban J connectivity index is 1.59. The van der Waals surface area contributed by atoms with E-state index in [-0.39, 0.29) is 23.6 Å². The Labute approximate surface area is 143 Å². The standard InChI is InChI=1S/C17H19FN6O/c1-9-5-11(18)6-13-12(9)7-14(20-13)16(25)24-4-2-3-10(8-24)15-21-17(19)23-22-15/h5-7,10,20H,2-4,8H2,1H3,(H3,19,21,22,23). The number of nitrogens with zero attached hydrogens (tertiary/aromatic N) is 3. The Hall–Kier alpha value is -2.90. The second-order valence-corrected chi connectivity index (χ2v) is 6.54. The van der Waals surface area contributed by atoms with Crippen LogP contribution in [0.5, 0.6) is 0 Å². The highest BCUT2D eigenvalue weighted by Gasteiger charge is 2.28. The number of amides is 1. The Bertz CT molecular complexity index is 946. The summed E-state index contributed by atoms with van der Waals surface area (Å²) < 4.78 is 13.6. The molecular formula is C17H19FN6O. The summed E-state index contributed by atoms with van der Waals surface area (Å²) in [5, 5.41) is 7.56. The molecule has 4 N–H and O–H groups in total. The smallest absolute Gasteiger partial charge is 0.270 e. The predicted octanol–water partition coefficient (Wildman–Crippen LogP) is 2.34. The lowest BCUT2D eigenvalue weighted by molar-refractivity contribution is 0.0699. The van der Waals surface area contributed by atoms with E-state index in [1.54, 1.807) is 11.0 Å². The molecule has 0 radical (unpaired) electrons. The number of nitrogen functional groups attached to an aromatic ring is 1. The van der Waals surface area contributed by atoms with Gasteiger partial charge in [0.25, 0.3) is 5.91 Å². The lowest BCUT2D eigenvalue weighted by Crippen LogP contribution is -2.39. The molecule has 2 aromatic heterocycles. The monoisotopic (exact) mass is 342 g/mol. The number of benzene rings is 1. The molecule has 1 fully saturated rings. The van der Waals surface area contributed by atoms with Gasteiger partial charge in [-0.3, -0.25) is 9.89 Å². The van der Waals surface area contributed by atoms with Crippen LogP contribution >= 0.6 is 0 Å². The van der Waals surface area contributed by atoms with Gasteiger partial charge in [-0.2, -0.15) is 4.98 Å². The second-order valence-electron chi connectivity index (χ2n) is 6.54. The number of halogens is 1. The van der Waals surface area contributed by atoms with Crippen LogP contribution in [0.4, 0.5) is 10.3 Å². The maximum absolute atomic E-state index is 13.6. The van der Waals surface area contributed by atoms with Crippen molar-refractivity contribution >= 4 is 22.8 Å². The topological polar surface area (TPSA) is 104 Å². The van der Waals surface area contributed by atoms with Crippen molar-refractivity contribution in [2.24, 2.45) is 0 Å². The number of anilines is 1. The van der Waals surface area contributed by atoms with Gasteiger partial charge in [0.1, 0.15) is 17.3 Å². The minimum absolute atomic E-state index is 0.0889. The molecule has 1 aliphatic rings. The first-order valence-electron chi connectivity index (χ1n) is 8.27. The van der Waals surface area contributed by atoms with Gasteiger partial charge >= 0.3 is 0 Å². The van der Waals surface area contributed by atoms with E-state index < -0.39 is 0 Å². The lowest BCUT2D eigenvalue weighted by atomic mass is 9.97. The highest BCUT2D eigenvalue weighted by atomic mass is 19.1. The molecule has 7 nitrogen and oxygen atoms in total. The van der Waals surface area contributed by atoms with Crippen LogP contribution < -0.4 is 5.73 Å². The average molecular weight is 342 g/mol. The van der Waals surface area contributed by atoms with Crippen molar-refractivity contribution in [3.05, 3.63) is 41.1 Å².